The average molecular weight is 332 g/mol. The van der Waals surface area contributed by atoms with Gasteiger partial charge in [0.1, 0.15) is 0 Å². The summed E-state index contributed by atoms with van der Waals surface area (Å²) in [5, 5.41) is 0. The van der Waals surface area contributed by atoms with Crippen LogP contribution in [0.5, 0.6) is 0 Å². The smallest absolute Gasteiger partial charge is 0.748 e. The quantitative estimate of drug-likeness (QED) is 0.280. The van der Waals surface area contributed by atoms with Gasteiger partial charge in [-0.1, -0.05) is 39.0 Å². The minimum Gasteiger partial charge on any atom is -0.748 e. The van der Waals surface area contributed by atoms with E-state index in [1.165, 1.54) is 30.6 Å². The Kier molecular flexibility index (Phi) is 15.9. The zero-order chi connectivity index (χ0) is 14.7. The summed E-state index contributed by atoms with van der Waals surface area (Å²) in [6.07, 6.45) is 7.52. The number of hydrogen-bond acceptors (Lipinski definition) is 4. The minimum atomic E-state index is -4.16. The van der Waals surface area contributed by atoms with Crippen molar-refractivity contribution in [1.29, 1.82) is 0 Å². The third kappa shape index (κ3) is 15.4. The molecule has 0 aromatic rings. The largest absolute Gasteiger partial charge is 1.00 e. The van der Waals surface area contributed by atoms with Crippen molar-refractivity contribution in [3.63, 3.8) is 0 Å². The van der Waals surface area contributed by atoms with Crippen molar-refractivity contribution in [2.45, 2.75) is 58.3 Å². The second-order valence-electron chi connectivity index (χ2n) is 4.95. The van der Waals surface area contributed by atoms with Crippen LogP contribution in [0.4, 0.5) is 0 Å². The van der Waals surface area contributed by atoms with Gasteiger partial charge in [0.15, 0.2) is 0 Å². The maximum atomic E-state index is 11.7. The summed E-state index contributed by atoms with van der Waals surface area (Å²) in [6.45, 7) is 2.50. The molecule has 0 unspecified atom stereocenters. The second-order valence-corrected chi connectivity index (χ2v) is 6.47. The zero-order valence-electron chi connectivity index (χ0n) is 13.1. The fourth-order valence-corrected chi connectivity index (χ4v) is 2.33. The van der Waals surface area contributed by atoms with E-state index in [4.69, 9.17) is 0 Å². The first-order valence-electron chi connectivity index (χ1n) is 7.04. The van der Waals surface area contributed by atoms with Crippen molar-refractivity contribution < 1.29 is 69.1 Å². The number of hydrogen-bond donors (Lipinski definition) is 0. The average Bonchev–Trinajstić information content (AvgIpc) is 2.31. The number of carbonyl (C=O) groups is 1. The number of amides is 1. The van der Waals surface area contributed by atoms with Gasteiger partial charge in [-0.15, -0.1) is 0 Å². The molecule has 0 N–H and O–H groups in total. The molecule has 0 aliphatic heterocycles. The van der Waals surface area contributed by atoms with E-state index in [1.54, 1.807) is 7.05 Å². The molecule has 7 heteroatoms. The van der Waals surface area contributed by atoms with Crippen molar-refractivity contribution >= 4 is 16.0 Å². The molecule has 0 radical (unpaired) electrons. The van der Waals surface area contributed by atoms with Crippen LogP contribution in [0.2, 0.25) is 0 Å². The molecule has 0 spiro atoms. The van der Waals surface area contributed by atoms with Crippen molar-refractivity contribution in [2.24, 2.45) is 0 Å². The normalized spacial score (nSPS) is 10.9. The van der Waals surface area contributed by atoms with Crippen LogP contribution in [-0.2, 0) is 14.9 Å². The first-order chi connectivity index (χ1) is 8.87. The number of nitrogens with zero attached hydrogens (tertiary/aromatic N) is 1. The first kappa shape index (κ1) is 23.3. The van der Waals surface area contributed by atoms with Gasteiger partial charge in [0.2, 0.25) is 5.91 Å². The van der Waals surface area contributed by atoms with Crippen LogP contribution in [0.3, 0.4) is 0 Å². The molecule has 0 atom stereocenters. The molecule has 0 fully saturated rings. The van der Waals surface area contributed by atoms with Crippen LogP contribution in [0.1, 0.15) is 58.3 Å². The van der Waals surface area contributed by atoms with Gasteiger partial charge in [-0.05, 0) is 12.8 Å². The Morgan fingerprint density at radius 1 is 1.05 bits per heavy atom. The van der Waals surface area contributed by atoms with Crippen LogP contribution in [-0.4, -0.2) is 43.1 Å². The fraction of sp³-hybridized carbons (Fsp3) is 0.923. The Morgan fingerprint density at radius 2 is 1.60 bits per heavy atom. The van der Waals surface area contributed by atoms with E-state index in [2.05, 4.69) is 6.92 Å². The molecule has 0 saturated heterocycles. The maximum Gasteiger partial charge on any atom is 1.00 e. The van der Waals surface area contributed by atoms with E-state index >= 15 is 0 Å². The van der Waals surface area contributed by atoms with E-state index in [1.807, 2.05) is 0 Å². The predicted octanol–water partition coefficient (Wildman–Crippen LogP) is -0.865. The van der Waals surface area contributed by atoms with Crippen molar-refractivity contribution in [1.82, 2.24) is 4.90 Å². The van der Waals surface area contributed by atoms with Crippen molar-refractivity contribution in [3.05, 3.63) is 0 Å². The third-order valence-electron chi connectivity index (χ3n) is 3.06. The second kappa shape index (κ2) is 13.7. The number of carbonyl (C=O) groups excluding carboxylic acids is 1. The molecule has 0 aromatic heterocycles. The molecule has 0 aliphatic rings. The molecule has 0 saturated carbocycles. The van der Waals surface area contributed by atoms with E-state index in [9.17, 15) is 17.8 Å². The Morgan fingerprint density at radius 3 is 2.15 bits per heavy atom. The summed E-state index contributed by atoms with van der Waals surface area (Å²) in [7, 11) is -2.51. The molecule has 0 aliphatic carbocycles. The van der Waals surface area contributed by atoms with Gasteiger partial charge in [-0.3, -0.25) is 4.79 Å². The molecule has 1 amide bonds. The molecule has 114 valence electrons. The van der Waals surface area contributed by atoms with E-state index in [0.29, 0.717) is 13.0 Å². The monoisotopic (exact) mass is 331 g/mol. The fourth-order valence-electron chi connectivity index (χ4n) is 1.85. The SMILES string of the molecule is CCCCCCCCC(=O)N(C)CCCS(=O)(=O)[O-].[K+]. The Balaban J connectivity index is 0. The third-order valence-corrected chi connectivity index (χ3v) is 3.85. The standard InChI is InChI=1S/C13H27NO4S.K/c1-3-4-5-6-7-8-10-13(15)14(2)11-9-12-19(16,17)18;/h3-12H2,1-2H3,(H,16,17,18);/q;+1/p-1. The van der Waals surface area contributed by atoms with E-state index in [0.717, 1.165) is 12.8 Å². The van der Waals surface area contributed by atoms with Gasteiger partial charge < -0.3 is 9.45 Å². The van der Waals surface area contributed by atoms with Crippen molar-refractivity contribution in [2.75, 3.05) is 19.3 Å². The molecule has 0 rings (SSSR count). The van der Waals surface area contributed by atoms with Crippen molar-refractivity contribution in [3.8, 4) is 0 Å². The van der Waals surface area contributed by atoms with Crippen LogP contribution in [0.25, 0.3) is 0 Å². The summed E-state index contributed by atoms with van der Waals surface area (Å²) < 4.78 is 31.3. The summed E-state index contributed by atoms with van der Waals surface area (Å²) in [6, 6.07) is 0. The topological polar surface area (TPSA) is 77.5 Å². The van der Waals surface area contributed by atoms with Gasteiger partial charge >= 0.3 is 51.4 Å². The Bertz CT molecular complexity index is 346. The minimum absolute atomic E-state index is 0. The van der Waals surface area contributed by atoms with E-state index < -0.39 is 15.9 Å². The van der Waals surface area contributed by atoms with Crippen LogP contribution in [0.15, 0.2) is 0 Å². The number of rotatable bonds is 11. The summed E-state index contributed by atoms with van der Waals surface area (Å²) >= 11 is 0. The first-order valence-corrected chi connectivity index (χ1v) is 8.62. The van der Waals surface area contributed by atoms with Gasteiger partial charge in [0.25, 0.3) is 0 Å². The van der Waals surface area contributed by atoms with Crippen LogP contribution >= 0.6 is 0 Å². The van der Waals surface area contributed by atoms with Crippen LogP contribution < -0.4 is 51.4 Å². The molecule has 0 heterocycles. The van der Waals surface area contributed by atoms with Gasteiger partial charge in [0, 0.05) is 25.8 Å². The Labute approximate surface area is 166 Å². The summed E-state index contributed by atoms with van der Waals surface area (Å²) in [5.41, 5.74) is 0. The van der Waals surface area contributed by atoms with Crippen LogP contribution in [0, 0.1) is 0 Å². The molecule has 0 aromatic carbocycles. The van der Waals surface area contributed by atoms with Gasteiger partial charge in [0.05, 0.1) is 10.1 Å². The molecular formula is C13H26KNO4S. The summed E-state index contributed by atoms with van der Waals surface area (Å²) in [4.78, 5) is 13.2. The van der Waals surface area contributed by atoms with Gasteiger partial charge in [-0.2, -0.15) is 0 Å². The molecule has 20 heavy (non-hydrogen) atoms. The molecule has 5 nitrogen and oxygen atoms in total. The van der Waals surface area contributed by atoms with E-state index in [-0.39, 0.29) is 63.7 Å². The Hall–Kier alpha value is 1.02. The maximum absolute atomic E-state index is 11.7. The summed E-state index contributed by atoms with van der Waals surface area (Å²) in [5.74, 6) is -0.374. The molecule has 0 bridgehead atoms. The zero-order valence-corrected chi connectivity index (χ0v) is 17.0. The predicted molar refractivity (Wildman–Crippen MR) is 74.8 cm³/mol. The number of unbranched alkanes of at least 4 members (excludes halogenated alkanes) is 5. The molecular weight excluding hydrogens is 305 g/mol. The van der Waals surface area contributed by atoms with Gasteiger partial charge in [-0.25, -0.2) is 8.42 Å².